The molecule has 0 radical (unpaired) electrons. The minimum Gasteiger partial charge on any atom is -0.497 e. The van der Waals surface area contributed by atoms with Crippen LogP contribution in [0.15, 0.2) is 72.3 Å². The molecule has 0 aromatic heterocycles. The first-order valence-corrected chi connectivity index (χ1v) is 23.4. The fourth-order valence-electron chi connectivity index (χ4n) is 6.95. The summed E-state index contributed by atoms with van der Waals surface area (Å²) in [5.74, 6) is -56.9. The van der Waals surface area contributed by atoms with E-state index in [2.05, 4.69) is 5.32 Å². The van der Waals surface area contributed by atoms with Crippen LogP contribution >= 0.6 is 0 Å². The highest BCUT2D eigenvalue weighted by Crippen LogP contribution is 2.64. The quantitative estimate of drug-likeness (QED) is 0.0236. The van der Waals surface area contributed by atoms with Gasteiger partial charge in [-0.3, -0.25) is 5.32 Å². The lowest BCUT2D eigenvalue weighted by Gasteiger charge is -2.44. The molecule has 0 unspecified atom stereocenters. The summed E-state index contributed by atoms with van der Waals surface area (Å²) < 4.78 is 270. The van der Waals surface area contributed by atoms with Crippen LogP contribution in [0.3, 0.4) is 0 Å². The summed E-state index contributed by atoms with van der Waals surface area (Å²) in [5.41, 5.74) is -0.595. The number of anilines is 1. The van der Waals surface area contributed by atoms with E-state index in [9.17, 15) is 75.4 Å². The number of carbonyl (C=O) groups excluding carboxylic acids is 2. The molecule has 1 N–H and O–H groups in total. The molecule has 0 fully saturated rings. The number of rotatable bonds is 27. The Morgan fingerprint density at radius 2 is 1.17 bits per heavy atom. The fourth-order valence-corrected chi connectivity index (χ4v) is 11.4. The van der Waals surface area contributed by atoms with Gasteiger partial charge < -0.3 is 28.1 Å². The lowest BCUT2D eigenvalue weighted by atomic mass is 9.88. The summed E-state index contributed by atoms with van der Waals surface area (Å²) in [5, 5.41) is 2.58. The van der Waals surface area contributed by atoms with Crippen molar-refractivity contribution in [2.75, 3.05) is 39.4 Å². The summed E-state index contributed by atoms with van der Waals surface area (Å²) in [6.45, 7) is 7.70. The second kappa shape index (κ2) is 23.8. The third kappa shape index (κ3) is 13.6. The standard InChI is InChI=1S/C44H52F17NO8Si/c1-9-67-34(63)25-28(6)11-10-12-33(66-8)35(70-36(64)62-30-15-19-31(65-7)20-16-30)29-13-17-32(18-14-29)68-22-23-69-71(26(2)3,27(4)5)24-21-37(45,46)38(47,48)39(49,50)40(51,52)41(53,54)42(55,56)43(57,58)44(59,60)61/h10-11,13-20,25-27,33,35H,9,12,21-24H2,1-8H3,(H,62,64)/b11-10+,28-25+/t33-,35-/m0/s1. The molecule has 2 rings (SSSR count). The van der Waals surface area contributed by atoms with E-state index in [4.69, 9.17) is 28.1 Å². The molecule has 0 spiro atoms. The number of esters is 1. The zero-order valence-electron chi connectivity index (χ0n) is 39.1. The summed E-state index contributed by atoms with van der Waals surface area (Å²) in [4.78, 5) is 25.0. The van der Waals surface area contributed by atoms with E-state index in [1.54, 1.807) is 50.3 Å². The van der Waals surface area contributed by atoms with Crippen molar-refractivity contribution in [1.82, 2.24) is 0 Å². The van der Waals surface area contributed by atoms with Gasteiger partial charge in [-0.15, -0.1) is 0 Å². The SMILES string of the molecule is CCOC(=O)/C=C(C)/C=C/C[C@H](OC)[C@@H](OC(=O)Nc1ccc(OC)cc1)c1ccc(OCCO[Si](CCC(F)(F)C(F)(F)C(F)(F)C(F)(F)C(F)(F)C(F)(F)C(F)(F)C(F)(F)F)(C(C)C)C(C)C)cc1. The number of hydrogen-bond donors (Lipinski definition) is 1. The largest absolute Gasteiger partial charge is 0.497 e. The molecule has 0 saturated carbocycles. The zero-order chi connectivity index (χ0) is 54.8. The van der Waals surface area contributed by atoms with Crippen LogP contribution in [-0.4, -0.2) is 108 Å². The number of nitrogens with one attached hydrogen (secondary N) is 1. The third-order valence-corrected chi connectivity index (χ3v) is 16.8. The van der Waals surface area contributed by atoms with Crippen molar-refractivity contribution in [2.24, 2.45) is 0 Å². The van der Waals surface area contributed by atoms with Crippen LogP contribution in [0.2, 0.25) is 17.1 Å². The lowest BCUT2D eigenvalue weighted by Crippen LogP contribution is -2.74. The summed E-state index contributed by atoms with van der Waals surface area (Å²) in [6.07, 6.45) is -8.67. The number of carbonyl (C=O) groups is 2. The highest BCUT2D eigenvalue weighted by molar-refractivity contribution is 6.76. The van der Waals surface area contributed by atoms with Crippen LogP contribution in [0.1, 0.15) is 66.1 Å². The van der Waals surface area contributed by atoms with E-state index in [1.807, 2.05) is 0 Å². The first-order chi connectivity index (χ1) is 32.4. The van der Waals surface area contributed by atoms with Crippen LogP contribution in [0.5, 0.6) is 11.5 Å². The molecule has 2 aromatic rings. The molecular weight excluding hydrogens is 1020 g/mol. The maximum atomic E-state index is 15.1. The number of alkyl halides is 17. The average molecular weight is 1070 g/mol. The number of amides is 1. The van der Waals surface area contributed by atoms with Crippen molar-refractivity contribution < 1.29 is 112 Å². The molecule has 0 aliphatic carbocycles. The smallest absolute Gasteiger partial charge is 0.460 e. The second-order valence-electron chi connectivity index (χ2n) is 16.4. The molecule has 0 aliphatic rings. The Balaban J connectivity index is 2.35. The molecule has 0 bridgehead atoms. The van der Waals surface area contributed by atoms with Gasteiger partial charge in [0.25, 0.3) is 0 Å². The zero-order valence-corrected chi connectivity index (χ0v) is 40.1. The number of ether oxygens (including phenoxy) is 5. The van der Waals surface area contributed by atoms with Crippen molar-refractivity contribution in [3.05, 3.63) is 77.9 Å². The van der Waals surface area contributed by atoms with Gasteiger partial charge in [-0.25, -0.2) is 9.59 Å². The number of benzene rings is 2. The van der Waals surface area contributed by atoms with Gasteiger partial charge in [-0.05, 0) is 84.9 Å². The van der Waals surface area contributed by atoms with E-state index in [-0.39, 0.29) is 18.8 Å². The molecule has 2 aromatic carbocycles. The van der Waals surface area contributed by atoms with Crippen molar-refractivity contribution in [1.29, 1.82) is 0 Å². The predicted octanol–water partition coefficient (Wildman–Crippen LogP) is 14.0. The molecule has 2 atom stereocenters. The van der Waals surface area contributed by atoms with Gasteiger partial charge in [-0.2, -0.15) is 74.6 Å². The Kier molecular flexibility index (Phi) is 20.9. The van der Waals surface area contributed by atoms with Gasteiger partial charge in [0.1, 0.15) is 24.2 Å². The molecule has 9 nitrogen and oxygen atoms in total. The molecule has 1 amide bonds. The summed E-state index contributed by atoms with van der Waals surface area (Å²) in [7, 11) is -1.25. The second-order valence-corrected chi connectivity index (χ2v) is 21.4. The minimum atomic E-state index is -8.71. The molecule has 404 valence electrons. The van der Waals surface area contributed by atoms with Crippen LogP contribution in [-0.2, 0) is 23.4 Å². The Morgan fingerprint density at radius 3 is 1.63 bits per heavy atom. The van der Waals surface area contributed by atoms with Crippen LogP contribution < -0.4 is 14.8 Å². The molecular formula is C44H52F17NO8Si. The van der Waals surface area contributed by atoms with Gasteiger partial charge >= 0.3 is 59.7 Å². The normalized spacial score (nSPS) is 15.0. The van der Waals surface area contributed by atoms with Crippen molar-refractivity contribution in [3.8, 4) is 11.5 Å². The first kappa shape index (κ1) is 62.3. The summed E-state index contributed by atoms with van der Waals surface area (Å²) in [6, 6.07) is 10.6. The van der Waals surface area contributed by atoms with Gasteiger partial charge in [0, 0.05) is 25.3 Å². The number of methoxy groups -OCH3 is 2. The van der Waals surface area contributed by atoms with E-state index >= 15 is 8.78 Å². The minimum absolute atomic E-state index is 0.0958. The predicted molar refractivity (Wildman–Crippen MR) is 225 cm³/mol. The number of halogens is 17. The third-order valence-electron chi connectivity index (χ3n) is 11.1. The van der Waals surface area contributed by atoms with Crippen molar-refractivity contribution in [3.63, 3.8) is 0 Å². The van der Waals surface area contributed by atoms with E-state index < -0.39 is 117 Å². The number of hydrogen-bond acceptors (Lipinski definition) is 8. The van der Waals surface area contributed by atoms with Gasteiger partial charge in [0.2, 0.25) is 0 Å². The van der Waals surface area contributed by atoms with E-state index in [1.165, 1.54) is 72.3 Å². The first-order valence-electron chi connectivity index (χ1n) is 21.1. The average Bonchev–Trinajstić information content (AvgIpc) is 3.26. The summed E-state index contributed by atoms with van der Waals surface area (Å²) >= 11 is 0. The fraction of sp³-hybridized carbons (Fsp3) is 0.591. The van der Waals surface area contributed by atoms with Crippen molar-refractivity contribution in [2.45, 2.75) is 131 Å². The Hall–Kier alpha value is -4.79. The van der Waals surface area contributed by atoms with Gasteiger partial charge in [-0.1, -0.05) is 52.0 Å². The highest BCUT2D eigenvalue weighted by atomic mass is 28.4. The van der Waals surface area contributed by atoms with E-state index in [0.29, 0.717) is 22.6 Å². The maximum Gasteiger partial charge on any atom is 0.460 e. The van der Waals surface area contributed by atoms with Crippen LogP contribution in [0, 0.1) is 0 Å². The van der Waals surface area contributed by atoms with Gasteiger partial charge in [0.15, 0.2) is 14.4 Å². The Labute approximate surface area is 398 Å². The molecule has 27 heteroatoms. The Bertz CT molecular complexity index is 2090. The van der Waals surface area contributed by atoms with E-state index in [0.717, 1.165) is 0 Å². The highest BCUT2D eigenvalue weighted by Gasteiger charge is 2.95. The van der Waals surface area contributed by atoms with Crippen LogP contribution in [0.4, 0.5) is 85.1 Å². The lowest BCUT2D eigenvalue weighted by molar-refractivity contribution is -0.461. The Morgan fingerprint density at radius 1 is 0.676 bits per heavy atom. The van der Waals surface area contributed by atoms with Crippen LogP contribution in [0.25, 0.3) is 0 Å². The monoisotopic (exact) mass is 1070 g/mol. The maximum absolute atomic E-state index is 15.1. The van der Waals surface area contributed by atoms with Crippen molar-refractivity contribution >= 4 is 26.1 Å². The number of allylic oxidation sites excluding steroid dienone is 2. The molecule has 0 saturated heterocycles. The topological polar surface area (TPSA) is 102 Å². The molecule has 71 heavy (non-hydrogen) atoms. The molecule has 0 aliphatic heterocycles. The molecule has 0 heterocycles. The van der Waals surface area contributed by atoms with Gasteiger partial charge in [0.05, 0.1) is 20.3 Å².